The lowest BCUT2D eigenvalue weighted by Gasteiger charge is -2.46. The molecule has 4 atom stereocenters. The van der Waals surface area contributed by atoms with E-state index in [1.54, 1.807) is 11.8 Å². The monoisotopic (exact) mass is 664 g/mol. The molecule has 1 heterocycles. The van der Waals surface area contributed by atoms with Crippen LogP contribution in [0, 0.1) is 22.2 Å². The zero-order chi connectivity index (χ0) is 34.2. The summed E-state index contributed by atoms with van der Waals surface area (Å²) >= 11 is 0. The van der Waals surface area contributed by atoms with E-state index in [-0.39, 0.29) is 42.5 Å². The number of nitrogens with one attached hydrogen (secondary N) is 5. The molecule has 1 aliphatic heterocycles. The van der Waals surface area contributed by atoms with E-state index >= 15 is 0 Å². The van der Waals surface area contributed by atoms with Gasteiger partial charge < -0.3 is 37.6 Å². The summed E-state index contributed by atoms with van der Waals surface area (Å²) in [5, 5.41) is 18.8. The Labute approximate surface area is 280 Å². The predicted molar refractivity (Wildman–Crippen MR) is 184 cm³/mol. The van der Waals surface area contributed by atoms with E-state index in [0.717, 1.165) is 5.56 Å². The number of amides is 4. The molecule has 260 valence electrons. The average molecular weight is 665 g/mol. The van der Waals surface area contributed by atoms with Gasteiger partial charge in [0.15, 0.2) is 5.96 Å². The molecule has 0 radical (unpaired) electrons. The Morgan fingerprint density at radius 1 is 0.957 bits per heavy atom. The maximum Gasteiger partial charge on any atom is 0.246 e. The number of carbonyl (C=O) groups is 4. The molecule has 0 aliphatic carbocycles. The first-order valence-electron chi connectivity index (χ1n) is 16.0. The molecule has 0 unspecified atom stereocenters. The second-order valence-corrected chi connectivity index (χ2v) is 13.9. The summed E-state index contributed by atoms with van der Waals surface area (Å²) in [5.41, 5.74) is 10.3. The van der Waals surface area contributed by atoms with Crippen molar-refractivity contribution in [3.63, 3.8) is 0 Å². The third kappa shape index (κ3) is 9.57. The number of carbonyl (C=O) groups excluding carboxylic acids is 4. The molecule has 12 nitrogen and oxygen atoms in total. The van der Waals surface area contributed by atoms with Crippen molar-refractivity contribution in [3.8, 4) is 0 Å². The minimum Gasteiger partial charge on any atom is -0.370 e. The van der Waals surface area contributed by atoms with Crippen LogP contribution in [0.2, 0.25) is 0 Å². The van der Waals surface area contributed by atoms with Crippen molar-refractivity contribution in [1.82, 2.24) is 26.2 Å². The molecule has 2 rings (SSSR count). The zero-order valence-electron chi connectivity index (χ0n) is 28.8. The lowest BCUT2D eigenvalue weighted by atomic mass is 9.61. The number of nitrogens with zero attached hydrogens (tertiary/aromatic N) is 1. The molecule has 13 heteroatoms. The second kappa shape index (κ2) is 17.0. The largest absolute Gasteiger partial charge is 0.370 e. The second-order valence-electron chi connectivity index (χ2n) is 13.9. The van der Waals surface area contributed by atoms with Gasteiger partial charge in [0.25, 0.3) is 0 Å². The molecular weight excluding hydrogens is 608 g/mol. The van der Waals surface area contributed by atoms with Crippen molar-refractivity contribution in [3.05, 3.63) is 35.9 Å². The molecule has 1 aliphatic rings. The summed E-state index contributed by atoms with van der Waals surface area (Å²) in [5.74, 6) is -1.73. The van der Waals surface area contributed by atoms with Gasteiger partial charge in [0.2, 0.25) is 23.6 Å². The van der Waals surface area contributed by atoms with E-state index in [0.29, 0.717) is 38.9 Å². The van der Waals surface area contributed by atoms with Crippen LogP contribution in [0.5, 0.6) is 0 Å². The quantitative estimate of drug-likeness (QED) is 0.0846. The van der Waals surface area contributed by atoms with Gasteiger partial charge in [0.05, 0.1) is 6.04 Å². The van der Waals surface area contributed by atoms with Crippen LogP contribution in [0.1, 0.15) is 80.2 Å². The Kier molecular flexibility index (Phi) is 15.0. The molecule has 0 spiro atoms. The number of hydrogen-bond donors (Lipinski definition) is 7. The van der Waals surface area contributed by atoms with Gasteiger partial charge in [0.1, 0.15) is 17.6 Å². The van der Waals surface area contributed by atoms with Gasteiger partial charge >= 0.3 is 0 Å². The van der Waals surface area contributed by atoms with Gasteiger partial charge in [-0.3, -0.25) is 24.6 Å². The Morgan fingerprint density at radius 2 is 1.54 bits per heavy atom. The van der Waals surface area contributed by atoms with Crippen molar-refractivity contribution in [2.45, 2.75) is 105 Å². The Morgan fingerprint density at radius 3 is 2.09 bits per heavy atom. The fraction of sp³-hybridized carbons (Fsp3) is 0.667. The maximum absolute atomic E-state index is 14.4. The highest BCUT2D eigenvalue weighted by molar-refractivity contribution is 5.97. The molecule has 1 aromatic carbocycles. The number of likely N-dealkylation sites (N-methyl/N-ethyl adjacent to an activating group) is 1. The topological polar surface area (TPSA) is 196 Å². The molecule has 1 aromatic rings. The van der Waals surface area contributed by atoms with Crippen LogP contribution in [0.15, 0.2) is 30.3 Å². The normalized spacial score (nSPS) is 20.1. The summed E-state index contributed by atoms with van der Waals surface area (Å²) < 4.78 is 0. The highest BCUT2D eigenvalue weighted by Crippen LogP contribution is 2.56. The van der Waals surface area contributed by atoms with Gasteiger partial charge in [-0.2, -0.15) is 0 Å². The SMILES string of the molecule is CCNC(=O)[C@@]1(C)N(C(=O)[C@H](CCCNC(=N)N)NC(=O)[C@H](CC(C)C)NC(=O)[C@@H](N)Cc2ccccc2)CC(C)(C)C1(C)C.Cl. The van der Waals surface area contributed by atoms with E-state index in [1.807, 2.05) is 78.8 Å². The number of hydrogen-bond acceptors (Lipinski definition) is 6. The van der Waals surface area contributed by atoms with E-state index in [9.17, 15) is 19.2 Å². The number of halogens is 1. The minimum atomic E-state index is -1.19. The highest BCUT2D eigenvalue weighted by atomic mass is 35.5. The van der Waals surface area contributed by atoms with Gasteiger partial charge in [-0.05, 0) is 56.4 Å². The Balaban J connectivity index is 0.0000106. The van der Waals surface area contributed by atoms with E-state index in [1.165, 1.54) is 0 Å². The minimum absolute atomic E-state index is 0. The Bertz CT molecular complexity index is 1210. The van der Waals surface area contributed by atoms with Crippen molar-refractivity contribution in [2.24, 2.45) is 28.2 Å². The van der Waals surface area contributed by atoms with E-state index in [2.05, 4.69) is 21.3 Å². The van der Waals surface area contributed by atoms with Gasteiger partial charge in [-0.25, -0.2) is 0 Å². The Hall–Kier alpha value is -3.38. The number of likely N-dealkylation sites (tertiary alicyclic amines) is 1. The van der Waals surface area contributed by atoms with Crippen LogP contribution in [-0.2, 0) is 25.6 Å². The molecule has 0 aromatic heterocycles. The third-order valence-corrected chi connectivity index (χ3v) is 9.62. The van der Waals surface area contributed by atoms with Gasteiger partial charge in [-0.1, -0.05) is 71.9 Å². The van der Waals surface area contributed by atoms with Gasteiger partial charge in [0, 0.05) is 25.0 Å². The summed E-state index contributed by atoms with van der Waals surface area (Å²) in [7, 11) is 0. The van der Waals surface area contributed by atoms with Crippen molar-refractivity contribution in [2.75, 3.05) is 19.6 Å². The van der Waals surface area contributed by atoms with Crippen molar-refractivity contribution < 1.29 is 19.2 Å². The summed E-state index contributed by atoms with van der Waals surface area (Å²) in [6.07, 6.45) is 1.29. The zero-order valence-corrected chi connectivity index (χ0v) is 29.6. The average Bonchev–Trinajstić information content (AvgIpc) is 3.10. The van der Waals surface area contributed by atoms with Crippen LogP contribution in [0.25, 0.3) is 0 Å². The summed E-state index contributed by atoms with van der Waals surface area (Å²) in [4.78, 5) is 56.6. The van der Waals surface area contributed by atoms with E-state index < -0.39 is 46.3 Å². The molecule has 9 N–H and O–H groups in total. The number of nitrogens with two attached hydrogens (primary N) is 2. The molecule has 0 saturated carbocycles. The molecule has 0 bridgehead atoms. The lowest BCUT2D eigenvalue weighted by Crippen LogP contribution is -2.65. The third-order valence-electron chi connectivity index (χ3n) is 9.62. The first kappa shape index (κ1) is 40.6. The highest BCUT2D eigenvalue weighted by Gasteiger charge is 2.65. The van der Waals surface area contributed by atoms with Crippen LogP contribution < -0.4 is 32.7 Å². The standard InChI is InChI=1S/C33H56N8O4.ClH/c1-9-37-29(45)33(8)32(6,7)31(4,5)20-41(33)28(44)24(16-13-17-38-30(35)36)39-27(43)25(18-21(2)3)40-26(42)23(34)19-22-14-11-10-12-15-22;/h10-12,14-15,21,23-25H,9,13,16-20,34H2,1-8H3,(H,37,45)(H,39,43)(H,40,42)(H4,35,36,38);1H/t23-,24-,25-,33+;/m0./s1. The molecule has 46 heavy (non-hydrogen) atoms. The number of rotatable bonds is 15. The number of benzene rings is 1. The first-order valence-corrected chi connectivity index (χ1v) is 16.0. The van der Waals surface area contributed by atoms with Crippen molar-refractivity contribution in [1.29, 1.82) is 5.41 Å². The smallest absolute Gasteiger partial charge is 0.246 e. The molecule has 1 saturated heterocycles. The predicted octanol–water partition coefficient (Wildman–Crippen LogP) is 2.05. The fourth-order valence-electron chi connectivity index (χ4n) is 5.97. The summed E-state index contributed by atoms with van der Waals surface area (Å²) in [6.45, 7) is 16.6. The van der Waals surface area contributed by atoms with Crippen molar-refractivity contribution >= 4 is 42.0 Å². The number of guanidine groups is 1. The maximum atomic E-state index is 14.4. The molecule has 4 amide bonds. The summed E-state index contributed by atoms with van der Waals surface area (Å²) in [6, 6.07) is 6.62. The van der Waals surface area contributed by atoms with E-state index in [4.69, 9.17) is 16.9 Å². The molecular formula is C33H57ClN8O4. The van der Waals surface area contributed by atoms with Crippen LogP contribution in [-0.4, -0.2) is 77.8 Å². The first-order chi connectivity index (χ1) is 20.9. The van der Waals surface area contributed by atoms with Crippen LogP contribution in [0.3, 0.4) is 0 Å². The fourth-order valence-corrected chi connectivity index (χ4v) is 5.97. The van der Waals surface area contributed by atoms with Crippen LogP contribution in [0.4, 0.5) is 0 Å². The van der Waals surface area contributed by atoms with Gasteiger partial charge in [-0.15, -0.1) is 12.4 Å². The molecule has 1 fully saturated rings. The van der Waals surface area contributed by atoms with Crippen LogP contribution >= 0.6 is 12.4 Å². The lowest BCUT2D eigenvalue weighted by molar-refractivity contribution is -0.151.